The summed E-state index contributed by atoms with van der Waals surface area (Å²) in [6.07, 6.45) is 0.969. The molecule has 0 amide bonds. The normalized spacial score (nSPS) is 10.2. The molecule has 10 heavy (non-hydrogen) atoms. The summed E-state index contributed by atoms with van der Waals surface area (Å²) in [4.78, 5) is 10.6. The van der Waals surface area contributed by atoms with Crippen molar-refractivity contribution in [1.82, 2.24) is 0 Å². The van der Waals surface area contributed by atoms with Crippen molar-refractivity contribution in [2.45, 2.75) is 12.8 Å². The summed E-state index contributed by atoms with van der Waals surface area (Å²) in [5, 5.41) is 0. The van der Waals surface area contributed by atoms with Gasteiger partial charge in [0.15, 0.2) is 0 Å². The third-order valence-electron chi connectivity index (χ3n) is 0.952. The third kappa shape index (κ3) is 5.71. The van der Waals surface area contributed by atoms with Crippen molar-refractivity contribution >= 4 is 16.4 Å². The van der Waals surface area contributed by atoms with E-state index in [1.165, 1.54) is 0 Å². The molecular formula is C5H11N2O2S-. The van der Waals surface area contributed by atoms with E-state index in [-0.39, 0.29) is 11.5 Å². The Morgan fingerprint density at radius 2 is 2.20 bits per heavy atom. The molecule has 60 valence electrons. The monoisotopic (exact) mass is 163 g/mol. The van der Waals surface area contributed by atoms with E-state index in [1.54, 1.807) is 0 Å². The Kier molecular flexibility index (Phi) is 5.15. The molecule has 0 heterocycles. The summed E-state index contributed by atoms with van der Waals surface area (Å²) in [5.74, 6) is -0.293. The maximum Gasteiger partial charge on any atom is 0.116 e. The van der Waals surface area contributed by atoms with Gasteiger partial charge in [0.2, 0.25) is 0 Å². The minimum absolute atomic E-state index is 0.140. The number of hydrogen-bond donors (Lipinski definition) is 2. The van der Waals surface area contributed by atoms with Gasteiger partial charge in [0.1, 0.15) is 5.78 Å². The van der Waals surface area contributed by atoms with Crippen LogP contribution in [0.2, 0.25) is 0 Å². The van der Waals surface area contributed by atoms with E-state index >= 15 is 0 Å². The van der Waals surface area contributed by atoms with Gasteiger partial charge in [-0.15, -0.1) is 0 Å². The van der Waals surface area contributed by atoms with E-state index in [1.807, 2.05) is 0 Å². The molecule has 5 heteroatoms. The molecule has 0 atom stereocenters. The molecule has 0 rings (SSSR count). The van der Waals surface area contributed by atoms with Crippen molar-refractivity contribution in [3.8, 4) is 0 Å². The van der Waals surface area contributed by atoms with Crippen molar-refractivity contribution in [2.24, 2.45) is 5.73 Å². The highest BCUT2D eigenvalue weighted by molar-refractivity contribution is 7.74. The smallest absolute Gasteiger partial charge is 0.116 e. The summed E-state index contributed by atoms with van der Waals surface area (Å²) in [7, 11) is -1.74. The number of nitrogens with two attached hydrogens (primary N) is 1. The highest BCUT2D eigenvalue weighted by atomic mass is 32.2. The maximum atomic E-state index is 10.6. The molecule has 0 aromatic carbocycles. The summed E-state index contributed by atoms with van der Waals surface area (Å²) in [6.45, 7) is 0.469. The minimum atomic E-state index is -1.74. The van der Waals surface area contributed by atoms with Crippen LogP contribution in [-0.4, -0.2) is 18.1 Å². The zero-order valence-electron chi connectivity index (χ0n) is 5.63. The lowest BCUT2D eigenvalue weighted by Crippen LogP contribution is -2.08. The van der Waals surface area contributed by atoms with Crippen LogP contribution in [-0.2, 0) is 19.6 Å². The molecule has 4 nitrogen and oxygen atoms in total. The van der Waals surface area contributed by atoms with Crippen LogP contribution in [0.15, 0.2) is 0 Å². The van der Waals surface area contributed by atoms with Gasteiger partial charge in [0.25, 0.3) is 0 Å². The molecule has 0 unspecified atom stereocenters. The molecule has 0 spiro atoms. The second kappa shape index (κ2) is 5.37. The molecule has 0 saturated heterocycles. The van der Waals surface area contributed by atoms with Crippen LogP contribution >= 0.6 is 0 Å². The van der Waals surface area contributed by atoms with Gasteiger partial charge >= 0.3 is 0 Å². The van der Waals surface area contributed by atoms with Gasteiger partial charge in [-0.25, -0.2) is 0 Å². The fourth-order valence-corrected chi connectivity index (χ4v) is 0.954. The zero-order valence-corrected chi connectivity index (χ0v) is 6.45. The zero-order chi connectivity index (χ0) is 7.98. The first kappa shape index (κ1) is 9.58. The molecule has 0 aliphatic heterocycles. The van der Waals surface area contributed by atoms with Gasteiger partial charge in [0.05, 0.1) is 0 Å². The number of nitrogens with one attached hydrogen (secondary N) is 1. The van der Waals surface area contributed by atoms with E-state index in [2.05, 4.69) is 0 Å². The molecule has 0 aliphatic carbocycles. The van der Waals surface area contributed by atoms with Crippen LogP contribution < -0.4 is 5.73 Å². The molecule has 0 aromatic heterocycles. The lowest BCUT2D eigenvalue weighted by molar-refractivity contribution is -0.116. The lowest BCUT2D eigenvalue weighted by Gasteiger charge is -1.98. The molecule has 0 aromatic rings. The topological polar surface area (TPSA) is 84.0 Å². The highest BCUT2D eigenvalue weighted by Gasteiger charge is 1.94. The fourth-order valence-electron chi connectivity index (χ4n) is 0.518. The first-order valence-corrected chi connectivity index (χ1v) is 4.30. The average molecular weight is 163 g/mol. The summed E-state index contributed by atoms with van der Waals surface area (Å²) >= 11 is 0. The maximum absolute atomic E-state index is 10.6. The van der Waals surface area contributed by atoms with Gasteiger partial charge in [-0.05, 0) is 18.7 Å². The van der Waals surface area contributed by atoms with Crippen LogP contribution in [0.1, 0.15) is 12.8 Å². The van der Waals surface area contributed by atoms with Crippen molar-refractivity contribution < 1.29 is 9.00 Å². The Balaban J connectivity index is 3.44. The number of hydrogen-bond acceptors (Lipinski definition) is 5. The van der Waals surface area contributed by atoms with Gasteiger partial charge in [-0.3, -0.25) is 0 Å². The summed E-state index contributed by atoms with van der Waals surface area (Å²) < 4.78 is 16.7. The predicted octanol–water partition coefficient (Wildman–Crippen LogP) is 0.0206. The molecule has 0 saturated carbocycles. The van der Waals surface area contributed by atoms with Crippen molar-refractivity contribution in [3.63, 3.8) is 0 Å². The van der Waals surface area contributed by atoms with Crippen LogP contribution in [0.3, 0.4) is 0 Å². The number of rotatable bonds is 5. The van der Waals surface area contributed by atoms with E-state index in [4.69, 9.17) is 10.5 Å². The standard InChI is InChI=1S/C5H11N2O2S/c6-3-1-2-5(8)4-10(7)9/h7H,1-4,6H2/q-1. The summed E-state index contributed by atoms with van der Waals surface area (Å²) in [6, 6.07) is 0. The first-order chi connectivity index (χ1) is 4.66. The molecule has 0 bridgehead atoms. The average Bonchev–Trinajstić information content (AvgIpc) is 1.82. The minimum Gasteiger partial charge on any atom is -0.444 e. The number of Topliss-reactive ketones (excluding diaryl/α,β-unsaturated/α-hetero) is 1. The molecule has 0 radical (unpaired) electrons. The van der Waals surface area contributed by atoms with E-state index in [0.717, 1.165) is 0 Å². The fraction of sp³-hybridized carbons (Fsp3) is 0.800. The third-order valence-corrected chi connectivity index (χ3v) is 1.54. The second-order valence-corrected chi connectivity index (χ2v) is 2.90. The van der Waals surface area contributed by atoms with Gasteiger partial charge in [-0.2, -0.15) is 10.6 Å². The number of carbonyl (C=O) groups is 1. The summed E-state index contributed by atoms with van der Waals surface area (Å²) in [5.41, 5.74) is 5.13. The second-order valence-electron chi connectivity index (χ2n) is 1.92. The predicted molar refractivity (Wildman–Crippen MR) is 38.9 cm³/mol. The van der Waals surface area contributed by atoms with Crippen LogP contribution in [0.4, 0.5) is 0 Å². The first-order valence-electron chi connectivity index (χ1n) is 2.98. The quantitative estimate of drug-likeness (QED) is 0.560. The molecule has 0 fully saturated rings. The van der Waals surface area contributed by atoms with E-state index in [0.29, 0.717) is 19.4 Å². The largest absolute Gasteiger partial charge is 0.444 e. The van der Waals surface area contributed by atoms with E-state index < -0.39 is 10.6 Å². The van der Waals surface area contributed by atoms with Crippen LogP contribution in [0.5, 0.6) is 0 Å². The van der Waals surface area contributed by atoms with Crippen LogP contribution in [0.25, 0.3) is 0 Å². The van der Waals surface area contributed by atoms with E-state index in [9.17, 15) is 9.00 Å². The Bertz CT molecular complexity index is 168. The molecule has 0 aliphatic rings. The lowest BCUT2D eigenvalue weighted by atomic mass is 10.2. The Morgan fingerprint density at radius 3 is 2.60 bits per heavy atom. The van der Waals surface area contributed by atoms with Crippen LogP contribution in [0, 0.1) is 4.78 Å². The molecular weight excluding hydrogens is 152 g/mol. The Hall–Kier alpha value is -0.420. The van der Waals surface area contributed by atoms with Gasteiger partial charge in [0, 0.05) is 6.42 Å². The van der Waals surface area contributed by atoms with Crippen molar-refractivity contribution in [1.29, 1.82) is 4.78 Å². The highest BCUT2D eigenvalue weighted by Crippen LogP contribution is 1.88. The van der Waals surface area contributed by atoms with Gasteiger partial charge < -0.3 is 19.5 Å². The van der Waals surface area contributed by atoms with Crippen molar-refractivity contribution in [2.75, 3.05) is 12.3 Å². The van der Waals surface area contributed by atoms with Gasteiger partial charge in [-0.1, -0.05) is 0 Å². The SMILES string of the molecule is N=[S-](=O)CC(=O)CCCN. The van der Waals surface area contributed by atoms with Crippen molar-refractivity contribution in [3.05, 3.63) is 0 Å². The number of ketones is 1. The molecule has 3 N–H and O–H groups in total. The Labute approximate surface area is 61.8 Å². The Morgan fingerprint density at radius 1 is 1.60 bits per heavy atom. The number of carbonyl (C=O) groups excluding carboxylic acids is 1.